The van der Waals surface area contributed by atoms with Gasteiger partial charge in [0.2, 0.25) is 5.91 Å². The van der Waals surface area contributed by atoms with Gasteiger partial charge in [-0.3, -0.25) is 9.48 Å². The number of anilines is 2. The quantitative estimate of drug-likeness (QED) is 0.879. The van der Waals surface area contributed by atoms with Crippen molar-refractivity contribution in [1.29, 1.82) is 0 Å². The fourth-order valence-electron chi connectivity index (χ4n) is 2.14. The minimum Gasteiger partial charge on any atom is -0.381 e. The van der Waals surface area contributed by atoms with E-state index in [2.05, 4.69) is 22.7 Å². The van der Waals surface area contributed by atoms with Crippen LogP contribution in [0.3, 0.4) is 0 Å². The van der Waals surface area contributed by atoms with Gasteiger partial charge in [-0.15, -0.1) is 0 Å². The lowest BCUT2D eigenvalue weighted by Gasteiger charge is -2.08. The van der Waals surface area contributed by atoms with Crippen molar-refractivity contribution in [2.75, 3.05) is 10.6 Å². The van der Waals surface area contributed by atoms with Crippen molar-refractivity contribution in [1.82, 2.24) is 9.78 Å². The number of hydrogen-bond donors (Lipinski definition) is 2. The van der Waals surface area contributed by atoms with E-state index in [4.69, 9.17) is 0 Å². The van der Waals surface area contributed by atoms with E-state index < -0.39 is 0 Å². The molecule has 0 saturated heterocycles. The van der Waals surface area contributed by atoms with Gasteiger partial charge in [-0.2, -0.15) is 5.10 Å². The second-order valence-corrected chi connectivity index (χ2v) is 4.74. The third-order valence-corrected chi connectivity index (χ3v) is 2.99. The number of nitrogens with zero attached hydrogens (tertiary/aromatic N) is 2. The van der Waals surface area contributed by atoms with Crippen LogP contribution >= 0.6 is 0 Å². The first-order valence-electron chi connectivity index (χ1n) is 6.71. The molecular weight excluding hydrogens is 252 g/mol. The monoisotopic (exact) mass is 272 g/mol. The summed E-state index contributed by atoms with van der Waals surface area (Å²) in [5, 5.41) is 10.6. The summed E-state index contributed by atoms with van der Waals surface area (Å²) in [6.45, 7) is 4.33. The molecule has 2 rings (SSSR count). The topological polar surface area (TPSA) is 59.0 Å². The first-order valence-corrected chi connectivity index (χ1v) is 6.71. The molecule has 0 aliphatic carbocycles. The van der Waals surface area contributed by atoms with E-state index >= 15 is 0 Å². The van der Waals surface area contributed by atoms with Gasteiger partial charge in [0.15, 0.2) is 0 Å². The molecule has 1 amide bonds. The highest BCUT2D eigenvalue weighted by Gasteiger charge is 2.05. The van der Waals surface area contributed by atoms with Crippen molar-refractivity contribution in [3.8, 4) is 0 Å². The molecule has 0 atom stereocenters. The van der Waals surface area contributed by atoms with Gasteiger partial charge in [0.05, 0.1) is 5.69 Å². The summed E-state index contributed by atoms with van der Waals surface area (Å²) in [6, 6.07) is 7.68. The molecule has 0 saturated carbocycles. The molecule has 1 heterocycles. The van der Waals surface area contributed by atoms with Crippen molar-refractivity contribution in [3.05, 3.63) is 41.7 Å². The lowest BCUT2D eigenvalue weighted by Crippen LogP contribution is -2.06. The normalized spacial score (nSPS) is 10.3. The van der Waals surface area contributed by atoms with Crippen LogP contribution < -0.4 is 10.6 Å². The fourth-order valence-corrected chi connectivity index (χ4v) is 2.14. The number of benzene rings is 1. The van der Waals surface area contributed by atoms with Crippen LogP contribution in [0.1, 0.15) is 25.1 Å². The molecule has 2 N–H and O–H groups in total. The van der Waals surface area contributed by atoms with Crippen LogP contribution in [0.4, 0.5) is 11.4 Å². The minimum atomic E-state index is -0.0670. The highest BCUT2D eigenvalue weighted by Crippen LogP contribution is 2.17. The van der Waals surface area contributed by atoms with Crippen molar-refractivity contribution in [2.24, 2.45) is 7.05 Å². The van der Waals surface area contributed by atoms with Crippen LogP contribution in [-0.2, 0) is 24.8 Å². The molecule has 20 heavy (non-hydrogen) atoms. The van der Waals surface area contributed by atoms with Crippen molar-refractivity contribution < 1.29 is 4.79 Å². The Morgan fingerprint density at radius 2 is 2.10 bits per heavy atom. The first kappa shape index (κ1) is 14.1. The molecule has 1 aromatic heterocycles. The Hall–Kier alpha value is -2.30. The molecule has 0 fully saturated rings. The number of amides is 1. The van der Waals surface area contributed by atoms with Crippen LogP contribution in [0, 0.1) is 0 Å². The predicted molar refractivity (Wildman–Crippen MR) is 80.7 cm³/mol. The van der Waals surface area contributed by atoms with E-state index in [-0.39, 0.29) is 5.91 Å². The number of carbonyl (C=O) groups is 1. The van der Waals surface area contributed by atoms with E-state index in [0.29, 0.717) is 0 Å². The maximum absolute atomic E-state index is 11.0. The van der Waals surface area contributed by atoms with Gasteiger partial charge in [0.25, 0.3) is 0 Å². The lowest BCUT2D eigenvalue weighted by atomic mass is 10.2. The average molecular weight is 272 g/mol. The van der Waals surface area contributed by atoms with Crippen LogP contribution in [0.25, 0.3) is 0 Å². The Kier molecular flexibility index (Phi) is 4.40. The lowest BCUT2D eigenvalue weighted by molar-refractivity contribution is -0.114. The Bertz CT molecular complexity index is 604. The Morgan fingerprint density at radius 1 is 1.35 bits per heavy atom. The van der Waals surface area contributed by atoms with Gasteiger partial charge in [-0.25, -0.2) is 0 Å². The number of aromatic nitrogens is 2. The third-order valence-electron chi connectivity index (χ3n) is 2.99. The van der Waals surface area contributed by atoms with E-state index in [1.165, 1.54) is 12.5 Å². The molecule has 0 unspecified atom stereocenters. The Balaban J connectivity index is 2.05. The van der Waals surface area contributed by atoms with Crippen LogP contribution in [-0.4, -0.2) is 15.7 Å². The number of carbonyl (C=O) groups excluding carboxylic acids is 1. The van der Waals surface area contributed by atoms with Gasteiger partial charge in [0, 0.05) is 43.7 Å². The first-order chi connectivity index (χ1) is 9.58. The maximum Gasteiger partial charge on any atom is 0.221 e. The molecule has 2 aromatic rings. The minimum absolute atomic E-state index is 0.0670. The van der Waals surface area contributed by atoms with E-state index in [0.717, 1.165) is 30.0 Å². The number of aryl methyl sites for hydroxylation is 2. The zero-order valence-corrected chi connectivity index (χ0v) is 12.1. The third kappa shape index (κ3) is 3.60. The zero-order valence-electron chi connectivity index (χ0n) is 12.1. The van der Waals surface area contributed by atoms with E-state index in [1.807, 2.05) is 42.2 Å². The number of rotatable bonds is 5. The second kappa shape index (κ2) is 6.23. The largest absolute Gasteiger partial charge is 0.381 e. The molecule has 5 nitrogen and oxygen atoms in total. The van der Waals surface area contributed by atoms with Crippen molar-refractivity contribution >= 4 is 17.3 Å². The molecule has 0 aliphatic rings. The summed E-state index contributed by atoms with van der Waals surface area (Å²) < 4.78 is 1.84. The highest BCUT2D eigenvalue weighted by atomic mass is 16.1. The van der Waals surface area contributed by atoms with E-state index in [9.17, 15) is 4.79 Å². The number of hydrogen-bond acceptors (Lipinski definition) is 3. The summed E-state index contributed by atoms with van der Waals surface area (Å²) in [6.07, 6.45) is 2.95. The van der Waals surface area contributed by atoms with Crippen LogP contribution in [0.5, 0.6) is 0 Å². The van der Waals surface area contributed by atoms with Crippen LogP contribution in [0.15, 0.2) is 30.5 Å². The average Bonchev–Trinajstić information content (AvgIpc) is 2.76. The molecule has 0 bridgehead atoms. The molecule has 0 aliphatic heterocycles. The van der Waals surface area contributed by atoms with Gasteiger partial charge < -0.3 is 10.6 Å². The highest BCUT2D eigenvalue weighted by molar-refractivity contribution is 5.89. The summed E-state index contributed by atoms with van der Waals surface area (Å²) in [7, 11) is 1.93. The summed E-state index contributed by atoms with van der Waals surface area (Å²) in [5.41, 5.74) is 4.07. The molecule has 0 radical (unpaired) electrons. The SMILES string of the molecule is CCc1nn(C)cc1CNc1cccc(NC(C)=O)c1. The van der Waals surface area contributed by atoms with Crippen molar-refractivity contribution in [2.45, 2.75) is 26.8 Å². The standard InChI is InChI=1S/C15H20N4O/c1-4-15-12(10-19(3)18-15)9-16-13-6-5-7-14(8-13)17-11(2)20/h5-8,10,16H,4,9H2,1-3H3,(H,17,20). The van der Waals surface area contributed by atoms with Gasteiger partial charge in [-0.1, -0.05) is 13.0 Å². The Labute approximate surface area is 119 Å². The fraction of sp³-hybridized carbons (Fsp3) is 0.333. The predicted octanol–water partition coefficient (Wildman–Crippen LogP) is 2.55. The van der Waals surface area contributed by atoms with Gasteiger partial charge >= 0.3 is 0 Å². The zero-order chi connectivity index (χ0) is 14.5. The summed E-state index contributed by atoms with van der Waals surface area (Å²) in [5.74, 6) is -0.0670. The smallest absolute Gasteiger partial charge is 0.221 e. The molecule has 106 valence electrons. The molecule has 0 spiro atoms. The van der Waals surface area contributed by atoms with Crippen LogP contribution in [0.2, 0.25) is 0 Å². The molecular formula is C15H20N4O. The Morgan fingerprint density at radius 3 is 2.80 bits per heavy atom. The van der Waals surface area contributed by atoms with E-state index in [1.54, 1.807) is 0 Å². The molecule has 5 heteroatoms. The van der Waals surface area contributed by atoms with Crippen molar-refractivity contribution in [3.63, 3.8) is 0 Å². The van der Waals surface area contributed by atoms with Gasteiger partial charge in [0.1, 0.15) is 0 Å². The number of nitrogens with one attached hydrogen (secondary N) is 2. The molecule has 1 aromatic carbocycles. The summed E-state index contributed by atoms with van der Waals surface area (Å²) in [4.78, 5) is 11.0. The summed E-state index contributed by atoms with van der Waals surface area (Å²) >= 11 is 0. The second-order valence-electron chi connectivity index (χ2n) is 4.74. The van der Waals surface area contributed by atoms with Gasteiger partial charge in [-0.05, 0) is 24.6 Å². The maximum atomic E-state index is 11.0.